The van der Waals surface area contributed by atoms with Crippen LogP contribution >= 0.6 is 11.3 Å². The van der Waals surface area contributed by atoms with Crippen LogP contribution in [-0.2, 0) is 22.5 Å². The van der Waals surface area contributed by atoms with E-state index in [-0.39, 0.29) is 24.5 Å². The molecular weight excluding hydrogens is 516 g/mol. The summed E-state index contributed by atoms with van der Waals surface area (Å²) in [5.74, 6) is 1.58. The van der Waals surface area contributed by atoms with Gasteiger partial charge in [0.05, 0.1) is 34.0 Å². The predicted octanol–water partition coefficient (Wildman–Crippen LogP) is 4.67. The molecule has 1 aliphatic heterocycles. The Labute approximate surface area is 234 Å². The Hall–Kier alpha value is -3.56. The van der Waals surface area contributed by atoms with Crippen LogP contribution in [0, 0.1) is 0 Å². The molecule has 0 spiro atoms. The number of rotatable bonds is 13. The molecule has 4 rings (SSSR count). The van der Waals surface area contributed by atoms with Gasteiger partial charge >= 0.3 is 0 Å². The summed E-state index contributed by atoms with van der Waals surface area (Å²) in [6.07, 6.45) is 2.38. The molecule has 1 aromatic heterocycles. The first kappa shape index (κ1) is 28.4. The zero-order chi connectivity index (χ0) is 27.6. The number of methoxy groups -OCH3 is 3. The average Bonchev–Trinajstić information content (AvgIpc) is 3.69. The zero-order valence-corrected chi connectivity index (χ0v) is 23.6. The number of benzene rings is 2. The van der Waals surface area contributed by atoms with Crippen LogP contribution in [0.25, 0.3) is 0 Å². The van der Waals surface area contributed by atoms with Gasteiger partial charge in [-0.2, -0.15) is 0 Å². The fraction of sp³-hybridized carbons (Fsp3) is 0.400. The summed E-state index contributed by atoms with van der Waals surface area (Å²) in [6.45, 7) is 1.98. The second kappa shape index (κ2) is 14.0. The van der Waals surface area contributed by atoms with E-state index in [0.29, 0.717) is 55.5 Å². The summed E-state index contributed by atoms with van der Waals surface area (Å²) >= 11 is 1.61. The summed E-state index contributed by atoms with van der Waals surface area (Å²) in [4.78, 5) is 31.9. The number of carbonyl (C=O) groups excluding carboxylic acids is 2. The molecule has 8 nitrogen and oxygen atoms in total. The zero-order valence-electron chi connectivity index (χ0n) is 22.8. The van der Waals surface area contributed by atoms with E-state index in [1.807, 2.05) is 40.6 Å². The number of amides is 2. The van der Waals surface area contributed by atoms with Gasteiger partial charge in [0.15, 0.2) is 11.5 Å². The molecule has 1 fully saturated rings. The van der Waals surface area contributed by atoms with Crippen LogP contribution < -0.4 is 14.2 Å². The predicted molar refractivity (Wildman–Crippen MR) is 151 cm³/mol. The van der Waals surface area contributed by atoms with E-state index in [2.05, 4.69) is 0 Å². The number of thiophene rings is 1. The summed E-state index contributed by atoms with van der Waals surface area (Å²) in [6, 6.07) is 16.8. The Morgan fingerprint density at radius 2 is 1.82 bits per heavy atom. The maximum Gasteiger partial charge on any atom is 0.254 e. The van der Waals surface area contributed by atoms with Crippen LogP contribution in [0.15, 0.2) is 60.0 Å². The first-order chi connectivity index (χ1) is 19.0. The molecule has 1 saturated heterocycles. The highest BCUT2D eigenvalue weighted by Gasteiger charge is 2.27. The third kappa shape index (κ3) is 7.74. The normalized spacial score (nSPS) is 14.6. The van der Waals surface area contributed by atoms with Gasteiger partial charge in [-0.15, -0.1) is 11.3 Å². The van der Waals surface area contributed by atoms with Gasteiger partial charge in [-0.1, -0.05) is 18.2 Å². The van der Waals surface area contributed by atoms with Gasteiger partial charge in [0.1, 0.15) is 12.3 Å². The Morgan fingerprint density at radius 1 is 0.974 bits per heavy atom. The molecular formula is C30H36N2O6S. The summed E-state index contributed by atoms with van der Waals surface area (Å²) in [5.41, 5.74) is 1.51. The van der Waals surface area contributed by atoms with Crippen LogP contribution in [0.5, 0.6) is 17.2 Å². The molecule has 0 N–H and O–H groups in total. The summed E-state index contributed by atoms with van der Waals surface area (Å²) in [7, 11) is 4.78. The molecule has 2 aromatic carbocycles. The number of hydrogen-bond acceptors (Lipinski definition) is 7. The van der Waals surface area contributed by atoms with E-state index < -0.39 is 0 Å². The topological polar surface area (TPSA) is 77.5 Å². The maximum atomic E-state index is 13.8. The first-order valence-electron chi connectivity index (χ1n) is 13.1. The molecule has 3 aromatic rings. The third-order valence-electron chi connectivity index (χ3n) is 6.78. The van der Waals surface area contributed by atoms with Crippen molar-refractivity contribution in [2.45, 2.75) is 31.9 Å². The molecule has 0 bridgehead atoms. The summed E-state index contributed by atoms with van der Waals surface area (Å²) in [5, 5.41) is 2.00. The molecule has 9 heteroatoms. The largest absolute Gasteiger partial charge is 0.497 e. The molecule has 0 saturated carbocycles. The number of nitrogens with zero attached hydrogens (tertiary/aromatic N) is 2. The van der Waals surface area contributed by atoms with Crippen LogP contribution in [0.3, 0.4) is 0 Å². The maximum absolute atomic E-state index is 13.8. The van der Waals surface area contributed by atoms with Crippen molar-refractivity contribution in [1.29, 1.82) is 0 Å². The van der Waals surface area contributed by atoms with Gasteiger partial charge in [0, 0.05) is 30.1 Å². The first-order valence-corrected chi connectivity index (χ1v) is 13.9. The van der Waals surface area contributed by atoms with Gasteiger partial charge in [0.25, 0.3) is 5.91 Å². The molecule has 39 heavy (non-hydrogen) atoms. The second-order valence-corrected chi connectivity index (χ2v) is 10.4. The van der Waals surface area contributed by atoms with Crippen molar-refractivity contribution >= 4 is 23.2 Å². The summed E-state index contributed by atoms with van der Waals surface area (Å²) < 4.78 is 21.9. The van der Waals surface area contributed by atoms with Crippen molar-refractivity contribution in [3.63, 3.8) is 0 Å². The molecule has 1 atom stereocenters. The average molecular weight is 553 g/mol. The van der Waals surface area contributed by atoms with Crippen molar-refractivity contribution in [3.8, 4) is 17.2 Å². The van der Waals surface area contributed by atoms with Crippen LogP contribution in [-0.4, -0.2) is 75.3 Å². The van der Waals surface area contributed by atoms with Gasteiger partial charge in [0.2, 0.25) is 5.91 Å². The van der Waals surface area contributed by atoms with E-state index in [1.54, 1.807) is 61.8 Å². The minimum atomic E-state index is -0.214. The highest BCUT2D eigenvalue weighted by molar-refractivity contribution is 7.09. The van der Waals surface area contributed by atoms with Crippen molar-refractivity contribution in [1.82, 2.24) is 9.80 Å². The highest BCUT2D eigenvalue weighted by atomic mass is 32.1. The van der Waals surface area contributed by atoms with Crippen molar-refractivity contribution in [3.05, 3.63) is 76.0 Å². The quantitative estimate of drug-likeness (QED) is 0.307. The van der Waals surface area contributed by atoms with Gasteiger partial charge in [-0.25, -0.2) is 0 Å². The van der Waals surface area contributed by atoms with E-state index >= 15 is 0 Å². The highest BCUT2D eigenvalue weighted by Crippen LogP contribution is 2.28. The smallest absolute Gasteiger partial charge is 0.254 e. The van der Waals surface area contributed by atoms with E-state index in [9.17, 15) is 9.59 Å². The Morgan fingerprint density at radius 3 is 2.51 bits per heavy atom. The Bertz CT molecular complexity index is 1230. The molecule has 2 amide bonds. The Kier molecular flexibility index (Phi) is 10.2. The lowest BCUT2D eigenvalue weighted by Gasteiger charge is -2.29. The second-order valence-electron chi connectivity index (χ2n) is 9.39. The van der Waals surface area contributed by atoms with Crippen molar-refractivity contribution < 1.29 is 28.5 Å². The fourth-order valence-electron chi connectivity index (χ4n) is 4.64. The molecule has 1 aliphatic rings. The van der Waals surface area contributed by atoms with Gasteiger partial charge in [-0.3, -0.25) is 9.59 Å². The van der Waals surface area contributed by atoms with Crippen molar-refractivity contribution in [2.24, 2.45) is 0 Å². The standard InChI is InChI=1S/C30H36N2O6S/c1-35-24-8-4-7-23(18-24)30(34)32(19-25-9-5-15-38-25)21-29(33)31(20-26-10-6-16-39-26)14-13-22-11-12-27(36-2)28(17-22)37-3/h4,6-8,10-12,16-18,25H,5,9,13-15,19-21H2,1-3H3. The lowest BCUT2D eigenvalue weighted by Crippen LogP contribution is -2.45. The number of hydrogen-bond donors (Lipinski definition) is 0. The van der Waals surface area contributed by atoms with Crippen LogP contribution in [0.4, 0.5) is 0 Å². The molecule has 0 aliphatic carbocycles. The van der Waals surface area contributed by atoms with E-state index in [1.165, 1.54) is 0 Å². The molecule has 208 valence electrons. The van der Waals surface area contributed by atoms with Gasteiger partial charge < -0.3 is 28.7 Å². The number of carbonyl (C=O) groups is 2. The molecule has 1 unspecified atom stereocenters. The SMILES string of the molecule is COc1cccc(C(=O)N(CC(=O)N(CCc2ccc(OC)c(OC)c2)Cc2cccs2)CC2CCCO2)c1. The monoisotopic (exact) mass is 552 g/mol. The van der Waals surface area contributed by atoms with Crippen LogP contribution in [0.1, 0.15) is 33.6 Å². The molecule has 2 heterocycles. The lowest BCUT2D eigenvalue weighted by molar-refractivity contribution is -0.132. The van der Waals surface area contributed by atoms with Gasteiger partial charge in [-0.05, 0) is 66.6 Å². The van der Waals surface area contributed by atoms with Crippen LogP contribution in [0.2, 0.25) is 0 Å². The van der Waals surface area contributed by atoms with Crippen molar-refractivity contribution in [2.75, 3.05) is 47.6 Å². The molecule has 0 radical (unpaired) electrons. The van der Waals surface area contributed by atoms with E-state index in [4.69, 9.17) is 18.9 Å². The van der Waals surface area contributed by atoms with E-state index in [0.717, 1.165) is 23.3 Å². The minimum absolute atomic E-state index is 0.0345. The third-order valence-corrected chi connectivity index (χ3v) is 7.64. The number of ether oxygens (including phenoxy) is 4. The Balaban J connectivity index is 1.52. The lowest BCUT2D eigenvalue weighted by atomic mass is 10.1. The minimum Gasteiger partial charge on any atom is -0.497 e. The fourth-order valence-corrected chi connectivity index (χ4v) is 5.36.